The van der Waals surface area contributed by atoms with Crippen molar-refractivity contribution in [3.63, 3.8) is 0 Å². The van der Waals surface area contributed by atoms with E-state index in [4.69, 9.17) is 29.4 Å². The van der Waals surface area contributed by atoms with Crippen LogP contribution in [0.25, 0.3) is 45.1 Å². The molecule has 0 aromatic carbocycles. The number of imidazole rings is 2. The number of hydrogen-bond acceptors (Lipinski definition) is 20. The van der Waals surface area contributed by atoms with E-state index in [1.807, 2.05) is 35.5 Å². The number of amides is 1. The molecule has 76 heavy (non-hydrogen) atoms. The molecule has 10 heterocycles. The average molecular weight is 1070 g/mol. The number of carbonyl (C=O) groups is 1. The number of piperazine rings is 2. The summed E-state index contributed by atoms with van der Waals surface area (Å²) in [5.41, 5.74) is 2.69. The first-order chi connectivity index (χ1) is 36.3. The second-order valence-corrected chi connectivity index (χ2v) is 18.8. The third-order valence-corrected chi connectivity index (χ3v) is 13.4. The monoisotopic (exact) mass is 1070 g/mol. The second-order valence-electron chi connectivity index (χ2n) is 18.8. The molecule has 0 aliphatic carbocycles. The summed E-state index contributed by atoms with van der Waals surface area (Å²) in [5, 5.41) is 5.68. The van der Waals surface area contributed by atoms with Crippen LogP contribution in [-0.2, 0) is 27.4 Å². The fourth-order valence-electron chi connectivity index (χ4n) is 9.79. The van der Waals surface area contributed by atoms with Gasteiger partial charge in [0.05, 0.1) is 37.6 Å². The predicted molar refractivity (Wildman–Crippen MR) is 272 cm³/mol. The number of hydrogen-bond donors (Lipinski definition) is 2. The van der Waals surface area contributed by atoms with Gasteiger partial charge in [0.15, 0.2) is 45.6 Å². The lowest BCUT2D eigenvalue weighted by Gasteiger charge is -2.41. The molecule has 4 aliphatic rings. The maximum atomic E-state index is 13.9. The Bertz CT molecular complexity index is 2810. The van der Waals surface area contributed by atoms with E-state index in [1.54, 1.807) is 36.3 Å². The maximum absolute atomic E-state index is 13.9. The van der Waals surface area contributed by atoms with Crippen LogP contribution in [0.2, 0.25) is 0 Å². The number of halogens is 6. The van der Waals surface area contributed by atoms with Crippen LogP contribution in [0, 0.1) is 0 Å². The second kappa shape index (κ2) is 22.0. The minimum atomic E-state index is -4.52. The van der Waals surface area contributed by atoms with Crippen molar-refractivity contribution in [3.05, 3.63) is 37.1 Å². The number of nitrogens with zero attached hydrogens (tertiary/aromatic N) is 18. The maximum Gasteiger partial charge on any atom is 0.406 e. The molecule has 4 aliphatic heterocycles. The quantitative estimate of drug-likeness (QED) is 0.170. The minimum absolute atomic E-state index is 0.0589. The molecule has 29 heteroatoms. The number of fused-ring (bicyclic) bond motifs is 2. The largest absolute Gasteiger partial charge is 0.406 e. The van der Waals surface area contributed by atoms with Crippen molar-refractivity contribution in [2.24, 2.45) is 0 Å². The van der Waals surface area contributed by atoms with Gasteiger partial charge in [0.1, 0.15) is 13.1 Å². The van der Waals surface area contributed by atoms with Crippen LogP contribution in [0.3, 0.4) is 0 Å². The van der Waals surface area contributed by atoms with Gasteiger partial charge in [0.2, 0.25) is 29.7 Å². The molecule has 2 N–H and O–H groups in total. The molecule has 0 unspecified atom stereocenters. The Morgan fingerprint density at radius 1 is 0.579 bits per heavy atom. The number of nitrogens with one attached hydrogen (secondary N) is 2. The van der Waals surface area contributed by atoms with Crippen molar-refractivity contribution < 1.29 is 40.6 Å². The number of morpholine rings is 2. The molecule has 10 rings (SSSR count). The van der Waals surface area contributed by atoms with Gasteiger partial charge in [-0.25, -0.2) is 49.8 Å². The van der Waals surface area contributed by atoms with E-state index >= 15 is 0 Å². The zero-order chi connectivity index (χ0) is 54.1. The highest BCUT2D eigenvalue weighted by molar-refractivity contribution is 5.89. The van der Waals surface area contributed by atoms with Crippen molar-refractivity contribution >= 4 is 63.7 Å². The fourth-order valence-corrected chi connectivity index (χ4v) is 9.79. The van der Waals surface area contributed by atoms with Gasteiger partial charge in [-0.15, -0.1) is 0 Å². The van der Waals surface area contributed by atoms with Crippen molar-refractivity contribution in [2.45, 2.75) is 65.2 Å². The summed E-state index contributed by atoms with van der Waals surface area (Å²) in [5.74, 6) is 2.46. The smallest absolute Gasteiger partial charge is 0.378 e. The van der Waals surface area contributed by atoms with Crippen LogP contribution in [0.1, 0.15) is 27.7 Å². The zero-order valence-electron chi connectivity index (χ0n) is 43.0. The van der Waals surface area contributed by atoms with Crippen LogP contribution in [-0.4, -0.2) is 205 Å². The van der Waals surface area contributed by atoms with Crippen LogP contribution in [0.4, 0.5) is 61.8 Å². The molecule has 0 spiro atoms. The van der Waals surface area contributed by atoms with Crippen molar-refractivity contribution in [1.29, 1.82) is 0 Å². The highest BCUT2D eigenvalue weighted by Gasteiger charge is 2.38. The number of rotatable bonds is 11. The number of alkyl halides is 6. The van der Waals surface area contributed by atoms with Crippen molar-refractivity contribution in [1.82, 2.24) is 68.8 Å². The van der Waals surface area contributed by atoms with E-state index in [0.717, 1.165) is 14.8 Å². The Labute approximate surface area is 433 Å². The first-order valence-corrected chi connectivity index (χ1v) is 24.8. The minimum Gasteiger partial charge on any atom is -0.378 e. The molecule has 408 valence electrons. The van der Waals surface area contributed by atoms with Gasteiger partial charge < -0.3 is 49.5 Å². The van der Waals surface area contributed by atoms with Gasteiger partial charge in [-0.1, -0.05) is 6.58 Å². The highest BCUT2D eigenvalue weighted by atomic mass is 19.4. The van der Waals surface area contributed by atoms with E-state index < -0.39 is 25.4 Å². The third kappa shape index (κ3) is 11.7. The fraction of sp³-hybridized carbons (Fsp3) is 0.553. The van der Waals surface area contributed by atoms with Gasteiger partial charge in [0.25, 0.3) is 0 Å². The Hall–Kier alpha value is -7.43. The van der Waals surface area contributed by atoms with Crippen molar-refractivity contribution in [2.75, 3.05) is 136 Å². The zero-order valence-corrected chi connectivity index (χ0v) is 43.0. The molecule has 23 nitrogen and oxygen atoms in total. The number of carbonyl (C=O) groups excluding carboxylic acids is 1. The molecule has 4 saturated heterocycles. The number of ether oxygens (including phenoxy) is 2. The molecule has 0 saturated carbocycles. The van der Waals surface area contributed by atoms with Crippen molar-refractivity contribution in [3.8, 4) is 22.8 Å². The summed E-state index contributed by atoms with van der Waals surface area (Å²) in [4.78, 5) is 68.4. The lowest BCUT2D eigenvalue weighted by atomic mass is 10.2. The van der Waals surface area contributed by atoms with Gasteiger partial charge in [0, 0.05) is 129 Å². The molecule has 0 radical (unpaired) electrons. The molecule has 6 aromatic rings. The van der Waals surface area contributed by atoms with Crippen LogP contribution >= 0.6 is 0 Å². The lowest BCUT2D eigenvalue weighted by molar-refractivity contribution is -0.140. The Morgan fingerprint density at radius 3 is 1.29 bits per heavy atom. The molecule has 0 bridgehead atoms. The van der Waals surface area contributed by atoms with Gasteiger partial charge >= 0.3 is 12.4 Å². The summed E-state index contributed by atoms with van der Waals surface area (Å²) in [6, 6.07) is -0.132. The number of anilines is 6. The first-order valence-electron chi connectivity index (χ1n) is 24.8. The summed E-state index contributed by atoms with van der Waals surface area (Å²) in [7, 11) is 3.38. The Kier molecular flexibility index (Phi) is 15.5. The molecule has 1 amide bonds. The summed E-state index contributed by atoms with van der Waals surface area (Å²) < 4.78 is 96.6. The summed E-state index contributed by atoms with van der Waals surface area (Å²) in [6.07, 6.45) is -2.85. The summed E-state index contributed by atoms with van der Waals surface area (Å²) in [6.45, 7) is 15.6. The molecule has 6 aromatic heterocycles. The molecular weight excluding hydrogens is 1010 g/mol. The molecule has 2 atom stereocenters. The van der Waals surface area contributed by atoms with Crippen LogP contribution < -0.4 is 30.2 Å². The van der Waals surface area contributed by atoms with E-state index in [0.29, 0.717) is 132 Å². The van der Waals surface area contributed by atoms with Gasteiger partial charge in [-0.3, -0.25) is 13.9 Å². The van der Waals surface area contributed by atoms with E-state index in [2.05, 4.69) is 52.0 Å². The molecular formula is C47H60F6N20O3. The first kappa shape index (κ1) is 53.4. The average Bonchev–Trinajstić information content (AvgIpc) is 3.98. The lowest BCUT2D eigenvalue weighted by Crippen LogP contribution is -2.54. The summed E-state index contributed by atoms with van der Waals surface area (Å²) >= 11 is 0. The predicted octanol–water partition coefficient (Wildman–Crippen LogP) is 4.55. The Morgan fingerprint density at radius 2 is 0.961 bits per heavy atom. The Balaban J connectivity index is 0.000000186. The third-order valence-electron chi connectivity index (χ3n) is 13.4. The number of aromatic nitrogens is 12. The topological polar surface area (TPSA) is 218 Å². The SMILES string of the molecule is C=C(C)N1CCN(c2nc3c(N4CCOCC4)nc(-c4cnc(NC)nc4)nc3n2CC(F)(F)F)C[C@H]1C.CNc1ncc(-c2nc(N3CCOCC3)c3nc(N4CCN(C(C)=O)[C@@H](C)C4)n(CC(F)(F)F)c3n2)cn1. The van der Waals surface area contributed by atoms with E-state index in [1.165, 1.54) is 19.3 Å². The van der Waals surface area contributed by atoms with E-state index in [9.17, 15) is 31.1 Å². The normalized spacial score (nSPS) is 18.8. The van der Waals surface area contributed by atoms with Gasteiger partial charge in [-0.2, -0.15) is 26.3 Å². The van der Waals surface area contributed by atoms with Crippen LogP contribution in [0.5, 0.6) is 0 Å². The molecule has 4 fully saturated rings. The standard InChI is InChI=1S/C24H31F3N10O.C23H29F3N10O2/c1-15(2)36-6-5-35(13-16(36)3)23-31-18-20(34-7-9-38-10-8-34)32-19(17-11-29-22(28-4)30-12-17)33-21(18)37(23)14-24(25,26)27;1-14-12-34(4-5-35(14)15(2)37)22-30-17-19(33-6-8-38-9-7-33)31-18(16-10-28-21(27-3)29-11-16)32-20(17)36(22)13-23(24,25)26/h11-12,16H,1,5-10,13-14H2,2-4H3,(H,28,29,30);10-11,14H,4-9,12-13H2,1-3H3,(H,27,28,29)/t16-;14-/m10/s1. The van der Waals surface area contributed by atoms with Gasteiger partial charge in [-0.05, 0) is 20.8 Å². The van der Waals surface area contributed by atoms with Crippen LogP contribution in [0.15, 0.2) is 37.1 Å². The van der Waals surface area contributed by atoms with E-state index in [-0.39, 0.29) is 58.3 Å². The number of allylic oxidation sites excluding steroid dienone is 1. The highest BCUT2D eigenvalue weighted by Crippen LogP contribution is 2.36.